The number of aliphatic hydroxyl groups excluding tert-OH is 1. The quantitative estimate of drug-likeness (QED) is 0.643. The van der Waals surface area contributed by atoms with Crippen molar-refractivity contribution in [2.75, 3.05) is 27.7 Å². The van der Waals surface area contributed by atoms with Gasteiger partial charge in [-0.25, -0.2) is 0 Å². The molecule has 0 aliphatic rings. The molecule has 0 radical (unpaired) electrons. The summed E-state index contributed by atoms with van der Waals surface area (Å²) in [6, 6.07) is 0. The van der Waals surface area contributed by atoms with E-state index in [2.05, 4.69) is 41.9 Å². The average molecular weight is 174 g/mol. The first-order chi connectivity index (χ1) is 5.10. The number of quaternary nitrogens is 1. The third-order valence-corrected chi connectivity index (χ3v) is 1.61. The second-order valence-corrected chi connectivity index (χ2v) is 5.89. The third kappa shape index (κ3) is 8.02. The van der Waals surface area contributed by atoms with Gasteiger partial charge in [-0.1, -0.05) is 20.8 Å². The van der Waals surface area contributed by atoms with Crippen LogP contribution in [0.4, 0.5) is 0 Å². The zero-order valence-electron chi connectivity index (χ0n) is 9.39. The molecule has 1 unspecified atom stereocenters. The summed E-state index contributed by atoms with van der Waals surface area (Å²) >= 11 is 0. The molecular weight excluding hydrogens is 150 g/mol. The normalized spacial score (nSPS) is 16.2. The first-order valence-corrected chi connectivity index (χ1v) is 4.59. The zero-order chi connectivity index (χ0) is 9.99. The molecule has 0 spiro atoms. The summed E-state index contributed by atoms with van der Waals surface area (Å²) in [6.07, 6.45) is 0.702. The van der Waals surface area contributed by atoms with Crippen LogP contribution in [0.15, 0.2) is 0 Å². The second-order valence-electron chi connectivity index (χ2n) is 5.89. The molecule has 0 aliphatic carbocycles. The zero-order valence-corrected chi connectivity index (χ0v) is 9.39. The van der Waals surface area contributed by atoms with E-state index >= 15 is 0 Å². The van der Waals surface area contributed by atoms with Crippen molar-refractivity contribution in [1.29, 1.82) is 0 Å². The SMILES string of the molecule is CC(C)(C)CC(O)C[N+](C)(C)C. The van der Waals surface area contributed by atoms with Gasteiger partial charge in [-0.15, -0.1) is 0 Å². The Bertz CT molecular complexity index is 114. The summed E-state index contributed by atoms with van der Waals surface area (Å²) in [5, 5.41) is 9.70. The van der Waals surface area contributed by atoms with Gasteiger partial charge in [-0.05, 0) is 11.8 Å². The van der Waals surface area contributed by atoms with Gasteiger partial charge in [-0.2, -0.15) is 0 Å². The molecule has 2 heteroatoms. The van der Waals surface area contributed by atoms with Gasteiger partial charge in [0.15, 0.2) is 0 Å². The van der Waals surface area contributed by atoms with E-state index in [9.17, 15) is 5.11 Å². The van der Waals surface area contributed by atoms with Crippen LogP contribution in [0.2, 0.25) is 0 Å². The lowest BCUT2D eigenvalue weighted by atomic mass is 9.89. The molecule has 1 N–H and O–H groups in total. The molecule has 12 heavy (non-hydrogen) atoms. The van der Waals surface area contributed by atoms with Crippen LogP contribution >= 0.6 is 0 Å². The first kappa shape index (κ1) is 11.9. The van der Waals surface area contributed by atoms with Crippen molar-refractivity contribution in [3.63, 3.8) is 0 Å². The number of likely N-dealkylation sites (N-methyl/N-ethyl adjacent to an activating group) is 1. The molecule has 2 nitrogen and oxygen atoms in total. The predicted molar refractivity (Wildman–Crippen MR) is 53.0 cm³/mol. The van der Waals surface area contributed by atoms with E-state index in [4.69, 9.17) is 0 Å². The maximum Gasteiger partial charge on any atom is 0.104 e. The third-order valence-electron chi connectivity index (χ3n) is 1.61. The van der Waals surface area contributed by atoms with E-state index < -0.39 is 0 Å². The number of nitrogens with zero attached hydrogens (tertiary/aromatic N) is 1. The molecule has 0 saturated carbocycles. The smallest absolute Gasteiger partial charge is 0.104 e. The Labute approximate surface area is 76.8 Å². The van der Waals surface area contributed by atoms with Crippen molar-refractivity contribution in [3.05, 3.63) is 0 Å². The van der Waals surface area contributed by atoms with Crippen LogP contribution in [0.3, 0.4) is 0 Å². The molecule has 0 fully saturated rings. The summed E-state index contributed by atoms with van der Waals surface area (Å²) in [5.74, 6) is 0. The standard InChI is InChI=1S/C10H24NO/c1-10(2,3)7-9(12)8-11(4,5)6/h9,12H,7-8H2,1-6H3/q+1. The van der Waals surface area contributed by atoms with E-state index in [1.165, 1.54) is 0 Å². The van der Waals surface area contributed by atoms with Crippen LogP contribution in [-0.2, 0) is 0 Å². The highest BCUT2D eigenvalue weighted by molar-refractivity contribution is 4.67. The minimum absolute atomic E-state index is 0.176. The average Bonchev–Trinajstić information content (AvgIpc) is 1.49. The molecule has 0 rings (SSSR count). The van der Waals surface area contributed by atoms with Crippen LogP contribution < -0.4 is 0 Å². The fourth-order valence-electron chi connectivity index (χ4n) is 1.40. The number of rotatable bonds is 3. The molecule has 0 aromatic heterocycles. The molecule has 0 bridgehead atoms. The van der Waals surface area contributed by atoms with Crippen molar-refractivity contribution in [2.24, 2.45) is 5.41 Å². The molecule has 0 heterocycles. The van der Waals surface area contributed by atoms with Gasteiger partial charge in [-0.3, -0.25) is 0 Å². The molecule has 0 saturated heterocycles. The van der Waals surface area contributed by atoms with Crippen molar-refractivity contribution in [2.45, 2.75) is 33.3 Å². The predicted octanol–water partition coefficient (Wildman–Crippen LogP) is 1.49. The van der Waals surface area contributed by atoms with Crippen molar-refractivity contribution >= 4 is 0 Å². The van der Waals surface area contributed by atoms with Gasteiger partial charge in [0.1, 0.15) is 12.6 Å². The van der Waals surface area contributed by atoms with E-state index in [1.807, 2.05) is 0 Å². The van der Waals surface area contributed by atoms with Crippen LogP contribution in [0.25, 0.3) is 0 Å². The molecule has 74 valence electrons. The van der Waals surface area contributed by atoms with Gasteiger partial charge in [0.05, 0.1) is 21.1 Å². The molecule has 0 aliphatic heterocycles. The molecule has 1 atom stereocenters. The highest BCUT2D eigenvalue weighted by atomic mass is 16.3. The van der Waals surface area contributed by atoms with Crippen molar-refractivity contribution in [1.82, 2.24) is 0 Å². The fourth-order valence-corrected chi connectivity index (χ4v) is 1.40. The van der Waals surface area contributed by atoms with Crippen LogP contribution in [-0.4, -0.2) is 43.4 Å². The topological polar surface area (TPSA) is 20.2 Å². The lowest BCUT2D eigenvalue weighted by molar-refractivity contribution is -0.873. The maximum atomic E-state index is 9.70. The Kier molecular flexibility index (Phi) is 3.73. The number of hydrogen-bond donors (Lipinski definition) is 1. The van der Waals surface area contributed by atoms with Gasteiger partial charge >= 0.3 is 0 Å². The fraction of sp³-hybridized carbons (Fsp3) is 1.00. The second kappa shape index (κ2) is 3.75. The van der Waals surface area contributed by atoms with Crippen LogP contribution in [0.1, 0.15) is 27.2 Å². The van der Waals surface area contributed by atoms with E-state index in [0.717, 1.165) is 17.4 Å². The minimum Gasteiger partial charge on any atom is -0.387 e. The van der Waals surface area contributed by atoms with Gasteiger partial charge < -0.3 is 9.59 Å². The Hall–Kier alpha value is -0.0800. The lowest BCUT2D eigenvalue weighted by Crippen LogP contribution is -2.42. The number of aliphatic hydroxyl groups is 1. The Morgan fingerprint density at radius 2 is 1.58 bits per heavy atom. The molecular formula is C10H24NO+. The van der Waals surface area contributed by atoms with Crippen molar-refractivity contribution < 1.29 is 9.59 Å². The summed E-state index contributed by atoms with van der Waals surface area (Å²) in [4.78, 5) is 0. The highest BCUT2D eigenvalue weighted by Gasteiger charge is 2.21. The van der Waals surface area contributed by atoms with E-state index in [-0.39, 0.29) is 11.5 Å². The Morgan fingerprint density at radius 3 is 1.83 bits per heavy atom. The van der Waals surface area contributed by atoms with Gasteiger partial charge in [0.25, 0.3) is 0 Å². The lowest BCUT2D eigenvalue weighted by Gasteiger charge is -2.29. The number of hydrogen-bond acceptors (Lipinski definition) is 1. The summed E-state index contributed by atoms with van der Waals surface area (Å²) in [7, 11) is 6.31. The Morgan fingerprint density at radius 1 is 1.17 bits per heavy atom. The van der Waals surface area contributed by atoms with E-state index in [0.29, 0.717) is 0 Å². The highest BCUT2D eigenvalue weighted by Crippen LogP contribution is 2.21. The summed E-state index contributed by atoms with van der Waals surface area (Å²) in [6.45, 7) is 7.31. The molecule has 0 aromatic rings. The molecule has 0 aromatic carbocycles. The van der Waals surface area contributed by atoms with Crippen LogP contribution in [0, 0.1) is 5.41 Å². The van der Waals surface area contributed by atoms with Crippen LogP contribution in [0.5, 0.6) is 0 Å². The monoisotopic (exact) mass is 174 g/mol. The molecule has 0 amide bonds. The first-order valence-electron chi connectivity index (χ1n) is 4.59. The van der Waals surface area contributed by atoms with Gasteiger partial charge in [0.2, 0.25) is 0 Å². The van der Waals surface area contributed by atoms with E-state index in [1.54, 1.807) is 0 Å². The summed E-state index contributed by atoms with van der Waals surface area (Å²) in [5.41, 5.74) is 0.231. The Balaban J connectivity index is 3.83. The maximum absolute atomic E-state index is 9.70. The summed E-state index contributed by atoms with van der Waals surface area (Å²) < 4.78 is 0.831. The minimum atomic E-state index is -0.176. The van der Waals surface area contributed by atoms with Crippen molar-refractivity contribution in [3.8, 4) is 0 Å². The largest absolute Gasteiger partial charge is 0.387 e. The van der Waals surface area contributed by atoms with Gasteiger partial charge in [0, 0.05) is 0 Å².